The SMILES string of the molecule is COC(=O)C(NC(=O)C1CCC(O/N=[N+](\[O-])N(C)C(C)(C)C)CC1)C(C)C. The van der Waals surface area contributed by atoms with Crippen molar-refractivity contribution in [2.75, 3.05) is 14.2 Å². The maximum absolute atomic E-state index is 12.5. The zero-order chi connectivity index (χ0) is 20.8. The summed E-state index contributed by atoms with van der Waals surface area (Å²) in [6.45, 7) is 9.41. The zero-order valence-corrected chi connectivity index (χ0v) is 17.5. The van der Waals surface area contributed by atoms with Crippen molar-refractivity contribution in [1.82, 2.24) is 10.3 Å². The van der Waals surface area contributed by atoms with Gasteiger partial charge >= 0.3 is 5.97 Å². The zero-order valence-electron chi connectivity index (χ0n) is 17.5. The summed E-state index contributed by atoms with van der Waals surface area (Å²) in [6.07, 6.45) is 2.29. The Bertz CT molecular complexity index is 536. The van der Waals surface area contributed by atoms with Gasteiger partial charge in [0.1, 0.15) is 12.1 Å². The van der Waals surface area contributed by atoms with Gasteiger partial charge in [0.15, 0.2) is 0 Å². The smallest absolute Gasteiger partial charge is 0.328 e. The van der Waals surface area contributed by atoms with Gasteiger partial charge in [0.25, 0.3) is 0 Å². The molecule has 1 fully saturated rings. The Balaban J connectivity index is 2.52. The number of ether oxygens (including phenoxy) is 1. The molecule has 0 bridgehead atoms. The van der Waals surface area contributed by atoms with Gasteiger partial charge in [0, 0.05) is 5.92 Å². The molecule has 1 N–H and O–H groups in total. The lowest BCUT2D eigenvalue weighted by molar-refractivity contribution is -0.720. The highest BCUT2D eigenvalue weighted by Gasteiger charge is 2.32. The number of amides is 1. The van der Waals surface area contributed by atoms with Crippen molar-refractivity contribution >= 4 is 11.9 Å². The van der Waals surface area contributed by atoms with Crippen LogP contribution in [0.2, 0.25) is 0 Å². The Morgan fingerprint density at radius 1 is 1.22 bits per heavy atom. The van der Waals surface area contributed by atoms with Gasteiger partial charge < -0.3 is 20.1 Å². The fourth-order valence-corrected chi connectivity index (χ4v) is 2.74. The van der Waals surface area contributed by atoms with E-state index in [-0.39, 0.29) is 29.4 Å². The summed E-state index contributed by atoms with van der Waals surface area (Å²) in [7, 11) is 2.96. The summed E-state index contributed by atoms with van der Waals surface area (Å²) in [5.41, 5.74) is -0.364. The first-order valence-corrected chi connectivity index (χ1v) is 9.43. The number of rotatable bonds is 7. The maximum Gasteiger partial charge on any atom is 0.328 e. The van der Waals surface area contributed by atoms with E-state index < -0.39 is 12.0 Å². The van der Waals surface area contributed by atoms with Crippen LogP contribution in [0.25, 0.3) is 0 Å². The van der Waals surface area contributed by atoms with Gasteiger partial charge in [-0.05, 0) is 52.4 Å². The molecule has 1 unspecified atom stereocenters. The lowest BCUT2D eigenvalue weighted by atomic mass is 9.86. The van der Waals surface area contributed by atoms with Crippen LogP contribution in [0.3, 0.4) is 0 Å². The number of carbonyl (C=O) groups is 2. The van der Waals surface area contributed by atoms with Crippen molar-refractivity contribution in [2.24, 2.45) is 17.1 Å². The lowest BCUT2D eigenvalue weighted by Gasteiger charge is -2.29. The van der Waals surface area contributed by atoms with E-state index in [0.717, 1.165) is 0 Å². The third-order valence-corrected chi connectivity index (χ3v) is 4.96. The lowest BCUT2D eigenvalue weighted by Crippen LogP contribution is -2.47. The van der Waals surface area contributed by atoms with Crippen LogP contribution >= 0.6 is 0 Å². The third-order valence-electron chi connectivity index (χ3n) is 4.96. The van der Waals surface area contributed by atoms with E-state index in [1.54, 1.807) is 7.05 Å². The number of carbonyl (C=O) groups excluding carboxylic acids is 2. The fourth-order valence-electron chi connectivity index (χ4n) is 2.74. The van der Waals surface area contributed by atoms with Gasteiger partial charge in [-0.15, -0.1) is 5.01 Å². The van der Waals surface area contributed by atoms with E-state index in [1.807, 2.05) is 34.6 Å². The molecule has 0 radical (unpaired) electrons. The molecule has 0 spiro atoms. The van der Waals surface area contributed by atoms with Crippen molar-refractivity contribution < 1.29 is 24.1 Å². The van der Waals surface area contributed by atoms with E-state index in [9.17, 15) is 14.8 Å². The molecule has 1 amide bonds. The van der Waals surface area contributed by atoms with E-state index in [2.05, 4.69) is 10.6 Å². The second-order valence-electron chi connectivity index (χ2n) is 8.36. The Morgan fingerprint density at radius 3 is 2.22 bits per heavy atom. The van der Waals surface area contributed by atoms with Crippen LogP contribution in [-0.2, 0) is 19.2 Å². The van der Waals surface area contributed by atoms with Crippen molar-refractivity contribution in [3.05, 3.63) is 5.21 Å². The van der Waals surface area contributed by atoms with Crippen molar-refractivity contribution in [3.63, 3.8) is 0 Å². The molecule has 0 saturated heterocycles. The average Bonchev–Trinajstić information content (AvgIpc) is 2.62. The second kappa shape index (κ2) is 9.75. The van der Waals surface area contributed by atoms with Gasteiger partial charge in [-0.3, -0.25) is 4.79 Å². The highest BCUT2D eigenvalue weighted by molar-refractivity contribution is 5.85. The third kappa shape index (κ3) is 6.88. The standard InChI is InChI=1S/C18H34N4O5/c1-12(2)15(17(24)26-7)19-16(23)13-8-10-14(11-9-13)27-20-22(25)21(6)18(3,4)5/h12-15H,8-11H2,1-7H3,(H,19,23)/b22-20-. The molecule has 1 rings (SSSR count). The first-order valence-electron chi connectivity index (χ1n) is 9.43. The minimum absolute atomic E-state index is 0.0530. The van der Waals surface area contributed by atoms with Crippen molar-refractivity contribution in [3.8, 4) is 0 Å². The van der Waals surface area contributed by atoms with Crippen LogP contribution in [-0.4, -0.2) is 53.7 Å². The number of nitrogens with one attached hydrogen (secondary N) is 1. The van der Waals surface area contributed by atoms with Crippen molar-refractivity contribution in [1.29, 1.82) is 0 Å². The molecule has 0 aromatic rings. The van der Waals surface area contributed by atoms with Crippen LogP contribution in [0.1, 0.15) is 60.3 Å². The topological polar surface area (TPSA) is 106 Å². The summed E-state index contributed by atoms with van der Waals surface area (Å²) in [5.74, 6) is -0.820. The van der Waals surface area contributed by atoms with E-state index in [1.165, 1.54) is 12.1 Å². The number of hydrogen-bond acceptors (Lipinski definition) is 6. The normalized spacial score (nSPS) is 22.1. The van der Waals surface area contributed by atoms with E-state index >= 15 is 0 Å². The molecule has 0 aromatic heterocycles. The predicted octanol–water partition coefficient (Wildman–Crippen LogP) is 2.40. The number of esters is 1. The van der Waals surface area contributed by atoms with Gasteiger partial charge in [0.05, 0.1) is 24.7 Å². The monoisotopic (exact) mass is 386 g/mol. The Morgan fingerprint density at radius 2 is 1.78 bits per heavy atom. The number of hydrogen-bond donors (Lipinski definition) is 1. The molecule has 0 aromatic carbocycles. The number of hydrazine groups is 1. The fraction of sp³-hybridized carbons (Fsp3) is 0.889. The molecular formula is C18H34N4O5. The van der Waals surface area contributed by atoms with Crippen molar-refractivity contribution in [2.45, 2.75) is 78.0 Å². The van der Waals surface area contributed by atoms with Gasteiger partial charge in [-0.2, -0.15) is 0 Å². The van der Waals surface area contributed by atoms with Crippen LogP contribution < -0.4 is 5.32 Å². The predicted molar refractivity (Wildman–Crippen MR) is 99.2 cm³/mol. The number of nitrogens with zero attached hydrogens (tertiary/aromatic N) is 3. The second-order valence-corrected chi connectivity index (χ2v) is 8.36. The molecule has 1 aliphatic carbocycles. The quantitative estimate of drug-likeness (QED) is 0.312. The molecule has 27 heavy (non-hydrogen) atoms. The van der Waals surface area contributed by atoms with E-state index in [4.69, 9.17) is 9.57 Å². The summed E-state index contributed by atoms with van der Waals surface area (Å²) >= 11 is 0. The Labute approximate surface area is 161 Å². The van der Waals surface area contributed by atoms with Crippen LogP contribution in [0.5, 0.6) is 0 Å². The van der Waals surface area contributed by atoms with Crippen LogP contribution in [0.15, 0.2) is 5.28 Å². The Hall–Kier alpha value is -2.06. The van der Waals surface area contributed by atoms with Crippen LogP contribution in [0.4, 0.5) is 0 Å². The molecule has 9 heteroatoms. The maximum atomic E-state index is 12.5. The van der Waals surface area contributed by atoms with Gasteiger partial charge in [-0.1, -0.05) is 13.8 Å². The first-order chi connectivity index (χ1) is 12.5. The molecule has 1 saturated carbocycles. The molecule has 9 nitrogen and oxygen atoms in total. The highest BCUT2D eigenvalue weighted by Crippen LogP contribution is 2.27. The van der Waals surface area contributed by atoms with E-state index in [0.29, 0.717) is 30.7 Å². The van der Waals surface area contributed by atoms with Gasteiger partial charge in [-0.25, -0.2) is 4.79 Å². The van der Waals surface area contributed by atoms with Gasteiger partial charge in [0.2, 0.25) is 11.2 Å². The molecule has 1 atom stereocenters. The summed E-state index contributed by atoms with van der Waals surface area (Å²) in [6, 6.07) is -0.645. The molecule has 0 aliphatic heterocycles. The molecule has 156 valence electrons. The first kappa shape index (κ1) is 23.0. The molecular weight excluding hydrogens is 352 g/mol. The highest BCUT2D eigenvalue weighted by atomic mass is 16.7. The average molecular weight is 386 g/mol. The molecule has 1 aliphatic rings. The van der Waals surface area contributed by atoms with Crippen LogP contribution in [0, 0.1) is 17.0 Å². The summed E-state index contributed by atoms with van der Waals surface area (Å²) < 4.78 is 4.75. The molecule has 0 heterocycles. The minimum Gasteiger partial charge on any atom is -0.569 e. The largest absolute Gasteiger partial charge is 0.569 e. The minimum atomic E-state index is -0.645. The Kier molecular flexibility index (Phi) is 8.30. The number of methoxy groups -OCH3 is 1. The summed E-state index contributed by atoms with van der Waals surface area (Å²) in [4.78, 5) is 30.1. The summed E-state index contributed by atoms with van der Waals surface area (Å²) in [5, 5.41) is 19.8.